The first kappa shape index (κ1) is 18.7. The Kier molecular flexibility index (Phi) is 6.03. The molecule has 1 aromatic heterocycles. The van der Waals surface area contributed by atoms with Gasteiger partial charge in [-0.15, -0.1) is 0 Å². The highest BCUT2D eigenvalue weighted by atomic mass is 16.5. The van der Waals surface area contributed by atoms with E-state index in [0.717, 1.165) is 41.6 Å². The number of hydrogen-bond donors (Lipinski definition) is 0. The first-order valence-electron chi connectivity index (χ1n) is 10.2. The highest BCUT2D eigenvalue weighted by molar-refractivity contribution is 5.66. The van der Waals surface area contributed by atoms with E-state index in [1.165, 1.54) is 31.5 Å². The molecule has 1 aliphatic heterocycles. The fourth-order valence-electron chi connectivity index (χ4n) is 3.67. The van der Waals surface area contributed by atoms with Crippen molar-refractivity contribution >= 4 is 0 Å². The van der Waals surface area contributed by atoms with Crippen LogP contribution in [0.25, 0.3) is 22.4 Å². The van der Waals surface area contributed by atoms with Crippen LogP contribution >= 0.6 is 0 Å². The summed E-state index contributed by atoms with van der Waals surface area (Å²) in [5.74, 6) is 1.80. The fraction of sp³-hybridized carbons (Fsp3) is 0.320. The number of aromatic nitrogens is 1. The molecule has 144 valence electrons. The van der Waals surface area contributed by atoms with Crippen LogP contribution in [-0.4, -0.2) is 36.1 Å². The van der Waals surface area contributed by atoms with E-state index >= 15 is 0 Å². The molecule has 0 bridgehead atoms. The molecule has 3 nitrogen and oxygen atoms in total. The summed E-state index contributed by atoms with van der Waals surface area (Å²) in [5, 5.41) is 0. The molecule has 3 heteroatoms. The summed E-state index contributed by atoms with van der Waals surface area (Å²) in [4.78, 5) is 7.14. The Morgan fingerprint density at radius 3 is 2.25 bits per heavy atom. The predicted molar refractivity (Wildman–Crippen MR) is 115 cm³/mol. The van der Waals surface area contributed by atoms with Gasteiger partial charge in [0.25, 0.3) is 0 Å². The lowest BCUT2D eigenvalue weighted by Crippen LogP contribution is -2.35. The Hall–Kier alpha value is -2.65. The number of pyridine rings is 1. The van der Waals surface area contributed by atoms with Gasteiger partial charge in [0.05, 0.1) is 5.69 Å². The second-order valence-corrected chi connectivity index (χ2v) is 7.70. The molecular formula is C25H28N2O. The molecule has 0 N–H and O–H groups in total. The van der Waals surface area contributed by atoms with Gasteiger partial charge < -0.3 is 4.74 Å². The summed E-state index contributed by atoms with van der Waals surface area (Å²) in [6.45, 7) is 6.51. The molecular weight excluding hydrogens is 344 g/mol. The summed E-state index contributed by atoms with van der Waals surface area (Å²) in [7, 11) is 0. The summed E-state index contributed by atoms with van der Waals surface area (Å²) >= 11 is 0. The topological polar surface area (TPSA) is 25.4 Å². The zero-order chi connectivity index (χ0) is 19.2. The number of ether oxygens (including phenoxy) is 1. The van der Waals surface area contributed by atoms with Crippen molar-refractivity contribution < 1.29 is 4.74 Å². The number of rotatable bonds is 6. The molecule has 0 saturated carbocycles. The molecule has 0 aliphatic carbocycles. The van der Waals surface area contributed by atoms with Crippen molar-refractivity contribution in [2.45, 2.75) is 19.8 Å². The maximum Gasteiger partial charge on any atom is 0.119 e. The van der Waals surface area contributed by atoms with Crippen LogP contribution in [0.1, 0.15) is 19.8 Å². The Morgan fingerprint density at radius 1 is 0.857 bits per heavy atom. The van der Waals surface area contributed by atoms with E-state index in [9.17, 15) is 0 Å². The standard InChI is InChI=1S/C25H28N2O/c1-20-13-15-27(16-14-20)17-18-28-24-10-7-22(8-11-24)25-12-9-23(19-26-25)21-5-3-2-4-6-21/h2-12,19-20H,13-18H2,1H3. The van der Waals surface area contributed by atoms with Gasteiger partial charge in [-0.05, 0) is 67.7 Å². The van der Waals surface area contributed by atoms with E-state index in [0.29, 0.717) is 0 Å². The van der Waals surface area contributed by atoms with Crippen LogP contribution in [0, 0.1) is 5.92 Å². The number of hydrogen-bond acceptors (Lipinski definition) is 3. The van der Waals surface area contributed by atoms with Crippen molar-refractivity contribution in [2.75, 3.05) is 26.2 Å². The minimum atomic E-state index is 0.748. The molecule has 28 heavy (non-hydrogen) atoms. The normalized spacial score (nSPS) is 15.5. The van der Waals surface area contributed by atoms with Gasteiger partial charge in [-0.2, -0.15) is 0 Å². The molecule has 0 spiro atoms. The molecule has 1 fully saturated rings. The predicted octanol–water partition coefficient (Wildman–Crippen LogP) is 5.53. The molecule has 2 heterocycles. The zero-order valence-corrected chi connectivity index (χ0v) is 16.6. The summed E-state index contributed by atoms with van der Waals surface area (Å²) < 4.78 is 5.94. The lowest BCUT2D eigenvalue weighted by molar-refractivity contribution is 0.160. The highest BCUT2D eigenvalue weighted by Gasteiger charge is 2.15. The number of likely N-dealkylation sites (tertiary alicyclic amines) is 1. The SMILES string of the molecule is CC1CCN(CCOc2ccc(-c3ccc(-c4ccccc4)cn3)cc2)CC1. The van der Waals surface area contributed by atoms with E-state index in [-0.39, 0.29) is 0 Å². The highest BCUT2D eigenvalue weighted by Crippen LogP contribution is 2.24. The first-order chi connectivity index (χ1) is 13.8. The van der Waals surface area contributed by atoms with Gasteiger partial charge in [0.1, 0.15) is 12.4 Å². The number of benzene rings is 2. The van der Waals surface area contributed by atoms with E-state index in [1.54, 1.807) is 0 Å². The largest absolute Gasteiger partial charge is 0.492 e. The maximum atomic E-state index is 5.94. The van der Waals surface area contributed by atoms with E-state index in [4.69, 9.17) is 4.74 Å². The zero-order valence-electron chi connectivity index (χ0n) is 16.6. The Bertz CT molecular complexity index is 851. The minimum Gasteiger partial charge on any atom is -0.492 e. The molecule has 0 atom stereocenters. The maximum absolute atomic E-state index is 5.94. The average molecular weight is 373 g/mol. The van der Waals surface area contributed by atoms with Crippen molar-refractivity contribution in [3.63, 3.8) is 0 Å². The van der Waals surface area contributed by atoms with Crippen LogP contribution in [0.4, 0.5) is 0 Å². The molecule has 1 aliphatic rings. The molecule has 0 unspecified atom stereocenters. The van der Waals surface area contributed by atoms with Gasteiger partial charge in [-0.1, -0.05) is 43.3 Å². The van der Waals surface area contributed by atoms with Crippen molar-refractivity contribution in [1.82, 2.24) is 9.88 Å². The molecule has 2 aromatic carbocycles. The van der Waals surface area contributed by atoms with Crippen LogP contribution in [0.2, 0.25) is 0 Å². The van der Waals surface area contributed by atoms with Gasteiger partial charge in [-0.25, -0.2) is 0 Å². The lowest BCUT2D eigenvalue weighted by atomic mass is 9.99. The van der Waals surface area contributed by atoms with Crippen molar-refractivity contribution in [3.8, 4) is 28.1 Å². The monoisotopic (exact) mass is 372 g/mol. The van der Waals surface area contributed by atoms with E-state index in [1.807, 2.05) is 36.5 Å². The third-order valence-electron chi connectivity index (χ3n) is 5.57. The van der Waals surface area contributed by atoms with Gasteiger partial charge in [-0.3, -0.25) is 9.88 Å². The molecule has 1 saturated heterocycles. The number of piperidine rings is 1. The van der Waals surface area contributed by atoms with Crippen LogP contribution < -0.4 is 4.74 Å². The van der Waals surface area contributed by atoms with Crippen molar-refractivity contribution in [3.05, 3.63) is 72.9 Å². The van der Waals surface area contributed by atoms with Crippen molar-refractivity contribution in [1.29, 1.82) is 0 Å². The van der Waals surface area contributed by atoms with Crippen molar-refractivity contribution in [2.24, 2.45) is 5.92 Å². The molecule has 0 amide bonds. The third kappa shape index (κ3) is 4.79. The second kappa shape index (κ2) is 9.03. The summed E-state index contributed by atoms with van der Waals surface area (Å²) in [6.07, 6.45) is 4.56. The van der Waals surface area contributed by atoms with E-state index < -0.39 is 0 Å². The number of nitrogens with zero attached hydrogens (tertiary/aromatic N) is 2. The van der Waals surface area contributed by atoms with Crippen LogP contribution in [0.15, 0.2) is 72.9 Å². The van der Waals surface area contributed by atoms with Crippen LogP contribution in [-0.2, 0) is 0 Å². The van der Waals surface area contributed by atoms with Gasteiger partial charge in [0.15, 0.2) is 0 Å². The molecule has 3 aromatic rings. The average Bonchev–Trinajstić information content (AvgIpc) is 2.76. The lowest BCUT2D eigenvalue weighted by Gasteiger charge is -2.29. The Morgan fingerprint density at radius 2 is 1.57 bits per heavy atom. The van der Waals surface area contributed by atoms with E-state index in [2.05, 4.69) is 53.2 Å². The Balaban J connectivity index is 1.31. The van der Waals surface area contributed by atoms with Gasteiger partial charge in [0, 0.05) is 23.9 Å². The fourth-order valence-corrected chi connectivity index (χ4v) is 3.67. The van der Waals surface area contributed by atoms with Crippen LogP contribution in [0.3, 0.4) is 0 Å². The van der Waals surface area contributed by atoms with Gasteiger partial charge in [0.2, 0.25) is 0 Å². The Labute approximate surface area is 168 Å². The molecule has 0 radical (unpaired) electrons. The molecule has 4 rings (SSSR count). The summed E-state index contributed by atoms with van der Waals surface area (Å²) in [5.41, 5.74) is 4.41. The van der Waals surface area contributed by atoms with Gasteiger partial charge >= 0.3 is 0 Å². The quantitative estimate of drug-likeness (QED) is 0.569. The first-order valence-corrected chi connectivity index (χ1v) is 10.2. The second-order valence-electron chi connectivity index (χ2n) is 7.70. The third-order valence-corrected chi connectivity index (χ3v) is 5.57. The smallest absolute Gasteiger partial charge is 0.119 e. The van der Waals surface area contributed by atoms with Crippen LogP contribution in [0.5, 0.6) is 5.75 Å². The minimum absolute atomic E-state index is 0.748. The summed E-state index contributed by atoms with van der Waals surface area (Å²) in [6, 6.07) is 22.8.